The van der Waals surface area contributed by atoms with Crippen LogP contribution in [0.2, 0.25) is 0 Å². The van der Waals surface area contributed by atoms with Crippen LogP contribution in [-0.4, -0.2) is 6.61 Å². The lowest BCUT2D eigenvalue weighted by Gasteiger charge is -2.18. The average Bonchev–Trinajstić information content (AvgIpc) is 3.02. The molecule has 2 nitrogen and oxygen atoms in total. The Morgan fingerprint density at radius 2 is 1.79 bits per heavy atom. The van der Waals surface area contributed by atoms with Gasteiger partial charge >= 0.3 is 0 Å². The standard InChI is InChI=1S/C26H30O2/c1-3-5-17-27-25-19-26(28-20-21-13-9-8-10-14-21)24(18-22(25)4-2)23-15-11-6-7-12-16-23/h6-11,13-16,18-19H,3-5,12,17,20H2,1-2H3. The van der Waals surface area contributed by atoms with E-state index in [9.17, 15) is 0 Å². The molecule has 3 rings (SSSR count). The van der Waals surface area contributed by atoms with E-state index in [-0.39, 0.29) is 0 Å². The van der Waals surface area contributed by atoms with Crippen molar-refractivity contribution in [2.45, 2.75) is 46.1 Å². The average molecular weight is 375 g/mol. The molecule has 1 aliphatic rings. The largest absolute Gasteiger partial charge is 0.493 e. The lowest BCUT2D eigenvalue weighted by Crippen LogP contribution is -2.04. The molecule has 0 amide bonds. The van der Waals surface area contributed by atoms with Gasteiger partial charge in [0.05, 0.1) is 6.61 Å². The fourth-order valence-corrected chi connectivity index (χ4v) is 3.20. The van der Waals surface area contributed by atoms with Gasteiger partial charge in [-0.05, 0) is 42.0 Å². The van der Waals surface area contributed by atoms with Crippen LogP contribution in [0.1, 0.15) is 49.8 Å². The van der Waals surface area contributed by atoms with Gasteiger partial charge in [-0.3, -0.25) is 0 Å². The van der Waals surface area contributed by atoms with Crippen LogP contribution in [0.5, 0.6) is 11.5 Å². The zero-order chi connectivity index (χ0) is 19.6. The summed E-state index contributed by atoms with van der Waals surface area (Å²) in [6.07, 6.45) is 14.8. The molecule has 0 saturated carbocycles. The van der Waals surface area contributed by atoms with Crippen molar-refractivity contribution in [3.05, 3.63) is 89.5 Å². The monoisotopic (exact) mass is 374 g/mol. The van der Waals surface area contributed by atoms with Gasteiger partial charge in [-0.15, -0.1) is 0 Å². The van der Waals surface area contributed by atoms with Gasteiger partial charge in [0.25, 0.3) is 0 Å². The molecule has 0 saturated heterocycles. The Bertz CT molecular complexity index is 844. The number of ether oxygens (including phenoxy) is 2. The van der Waals surface area contributed by atoms with Gasteiger partial charge in [-0.2, -0.15) is 0 Å². The van der Waals surface area contributed by atoms with Crippen LogP contribution >= 0.6 is 0 Å². The second-order valence-electron chi connectivity index (χ2n) is 6.97. The summed E-state index contributed by atoms with van der Waals surface area (Å²) in [7, 11) is 0. The number of benzene rings is 2. The van der Waals surface area contributed by atoms with Gasteiger partial charge < -0.3 is 9.47 Å². The van der Waals surface area contributed by atoms with Gasteiger partial charge in [0.15, 0.2) is 0 Å². The van der Waals surface area contributed by atoms with E-state index in [2.05, 4.69) is 68.5 Å². The van der Waals surface area contributed by atoms with Crippen LogP contribution in [0.4, 0.5) is 0 Å². The van der Waals surface area contributed by atoms with Crippen molar-refractivity contribution in [3.8, 4) is 11.5 Å². The molecule has 2 heteroatoms. The molecule has 0 heterocycles. The molecule has 0 aliphatic heterocycles. The first kappa shape index (κ1) is 20.0. The van der Waals surface area contributed by atoms with Gasteiger partial charge in [0.2, 0.25) is 0 Å². The van der Waals surface area contributed by atoms with Crippen LogP contribution in [-0.2, 0) is 13.0 Å². The fraction of sp³-hybridized carbons (Fsp3) is 0.308. The van der Waals surface area contributed by atoms with Crippen molar-refractivity contribution in [1.29, 1.82) is 0 Å². The van der Waals surface area contributed by atoms with E-state index in [1.165, 1.54) is 11.1 Å². The quantitative estimate of drug-likeness (QED) is 0.444. The minimum absolute atomic E-state index is 0.545. The van der Waals surface area contributed by atoms with Crippen LogP contribution in [0, 0.1) is 0 Å². The summed E-state index contributed by atoms with van der Waals surface area (Å²) in [6.45, 7) is 5.64. The Hall–Kier alpha value is -2.74. The summed E-state index contributed by atoms with van der Waals surface area (Å²) >= 11 is 0. The summed E-state index contributed by atoms with van der Waals surface area (Å²) in [6, 6.07) is 14.6. The summed E-state index contributed by atoms with van der Waals surface area (Å²) in [5.74, 6) is 1.82. The first-order valence-corrected chi connectivity index (χ1v) is 10.3. The molecule has 0 bridgehead atoms. The van der Waals surface area contributed by atoms with E-state index in [1.807, 2.05) is 18.2 Å². The van der Waals surface area contributed by atoms with Crippen molar-refractivity contribution in [2.75, 3.05) is 6.61 Å². The molecule has 2 aromatic rings. The number of rotatable bonds is 9. The van der Waals surface area contributed by atoms with Crippen molar-refractivity contribution in [2.24, 2.45) is 0 Å². The third-order valence-corrected chi connectivity index (χ3v) is 4.84. The van der Waals surface area contributed by atoms with Crippen LogP contribution in [0.3, 0.4) is 0 Å². The molecule has 0 atom stereocenters. The van der Waals surface area contributed by atoms with Gasteiger partial charge in [-0.25, -0.2) is 0 Å². The molecule has 2 aromatic carbocycles. The number of hydrogen-bond acceptors (Lipinski definition) is 2. The summed E-state index contributed by atoms with van der Waals surface area (Å²) in [5, 5.41) is 0. The maximum atomic E-state index is 6.29. The highest BCUT2D eigenvalue weighted by atomic mass is 16.5. The highest BCUT2D eigenvalue weighted by molar-refractivity contribution is 5.79. The number of allylic oxidation sites excluding steroid dienone is 6. The third kappa shape index (κ3) is 5.39. The Morgan fingerprint density at radius 3 is 2.57 bits per heavy atom. The molecular formula is C26H30O2. The SMILES string of the molecule is CCCCOc1cc(OCc2ccccc2)c(C2=CCC=CC=C2)cc1CC. The van der Waals surface area contributed by atoms with Crippen LogP contribution in [0.15, 0.2) is 72.8 Å². The predicted octanol–water partition coefficient (Wildman–Crippen LogP) is 6.91. The molecule has 0 fully saturated rings. The minimum atomic E-state index is 0.545. The predicted molar refractivity (Wildman–Crippen MR) is 118 cm³/mol. The van der Waals surface area contributed by atoms with Gasteiger partial charge in [0.1, 0.15) is 18.1 Å². The molecule has 0 radical (unpaired) electrons. The summed E-state index contributed by atoms with van der Waals surface area (Å²) < 4.78 is 12.4. The second kappa shape index (κ2) is 10.6. The molecule has 0 unspecified atom stereocenters. The first-order valence-electron chi connectivity index (χ1n) is 10.3. The first-order chi connectivity index (χ1) is 13.8. The molecular weight excluding hydrogens is 344 g/mol. The van der Waals surface area contributed by atoms with E-state index in [4.69, 9.17) is 9.47 Å². The van der Waals surface area contributed by atoms with Crippen molar-refractivity contribution >= 4 is 5.57 Å². The maximum Gasteiger partial charge on any atom is 0.131 e. The summed E-state index contributed by atoms with van der Waals surface area (Å²) in [5.41, 5.74) is 4.72. The normalized spacial score (nSPS) is 13.1. The van der Waals surface area contributed by atoms with E-state index in [0.717, 1.165) is 54.9 Å². The maximum absolute atomic E-state index is 6.29. The number of hydrogen-bond donors (Lipinski definition) is 0. The van der Waals surface area contributed by atoms with Gasteiger partial charge in [0, 0.05) is 11.6 Å². The molecule has 0 N–H and O–H groups in total. The number of unbranched alkanes of at least 4 members (excludes halogenated alkanes) is 1. The van der Waals surface area contributed by atoms with Gasteiger partial charge in [-0.1, -0.05) is 81.0 Å². The highest BCUT2D eigenvalue weighted by Gasteiger charge is 2.14. The molecule has 0 aromatic heterocycles. The van der Waals surface area contributed by atoms with E-state index < -0.39 is 0 Å². The lowest BCUT2D eigenvalue weighted by atomic mass is 9.99. The van der Waals surface area contributed by atoms with Crippen molar-refractivity contribution in [3.63, 3.8) is 0 Å². The molecule has 1 aliphatic carbocycles. The molecule has 146 valence electrons. The topological polar surface area (TPSA) is 18.5 Å². The number of aryl methyl sites for hydroxylation is 1. The lowest BCUT2D eigenvalue weighted by molar-refractivity contribution is 0.290. The summed E-state index contributed by atoms with van der Waals surface area (Å²) in [4.78, 5) is 0. The highest BCUT2D eigenvalue weighted by Crippen LogP contribution is 2.36. The van der Waals surface area contributed by atoms with E-state index in [0.29, 0.717) is 6.61 Å². The third-order valence-electron chi connectivity index (χ3n) is 4.84. The molecule has 0 spiro atoms. The zero-order valence-corrected chi connectivity index (χ0v) is 17.0. The van der Waals surface area contributed by atoms with Crippen molar-refractivity contribution < 1.29 is 9.47 Å². The Kier molecular flexibility index (Phi) is 7.54. The van der Waals surface area contributed by atoms with Crippen LogP contribution in [0.25, 0.3) is 5.57 Å². The zero-order valence-electron chi connectivity index (χ0n) is 17.0. The van der Waals surface area contributed by atoms with Crippen molar-refractivity contribution in [1.82, 2.24) is 0 Å². The Morgan fingerprint density at radius 1 is 0.929 bits per heavy atom. The minimum Gasteiger partial charge on any atom is -0.493 e. The second-order valence-corrected chi connectivity index (χ2v) is 6.97. The Labute approximate surface area is 169 Å². The Balaban J connectivity index is 1.93. The van der Waals surface area contributed by atoms with E-state index in [1.54, 1.807) is 0 Å². The smallest absolute Gasteiger partial charge is 0.131 e. The molecule has 28 heavy (non-hydrogen) atoms. The van der Waals surface area contributed by atoms with Crippen LogP contribution < -0.4 is 9.47 Å². The fourth-order valence-electron chi connectivity index (χ4n) is 3.20. The van der Waals surface area contributed by atoms with E-state index >= 15 is 0 Å².